The van der Waals surface area contributed by atoms with Crippen LogP contribution in [0.4, 0.5) is 0 Å². The molecule has 0 fully saturated rings. The highest BCUT2D eigenvalue weighted by Gasteiger charge is 2.13. The summed E-state index contributed by atoms with van der Waals surface area (Å²) in [5, 5.41) is 3.41. The maximum absolute atomic E-state index is 5.84. The first-order chi connectivity index (χ1) is 7.92. The molecule has 0 aliphatic rings. The molecule has 1 aromatic rings. The predicted molar refractivity (Wildman–Crippen MR) is 70.8 cm³/mol. The van der Waals surface area contributed by atoms with Crippen LogP contribution in [0.2, 0.25) is 0 Å². The van der Waals surface area contributed by atoms with Gasteiger partial charge in [0.1, 0.15) is 6.10 Å². The molecule has 96 valence electrons. The topological polar surface area (TPSA) is 30.5 Å². The summed E-state index contributed by atoms with van der Waals surface area (Å²) >= 11 is 0. The minimum Gasteiger partial charge on any atom is -0.493 e. The van der Waals surface area contributed by atoms with E-state index in [-0.39, 0.29) is 11.6 Å². The number of hydrogen-bond acceptors (Lipinski definition) is 3. The minimum absolute atomic E-state index is 0.102. The zero-order valence-corrected chi connectivity index (χ0v) is 11.4. The average Bonchev–Trinajstić information content (AvgIpc) is 2.26. The smallest absolute Gasteiger partial charge is 0.161 e. The van der Waals surface area contributed by atoms with Crippen molar-refractivity contribution < 1.29 is 9.47 Å². The van der Waals surface area contributed by atoms with E-state index in [4.69, 9.17) is 9.47 Å². The standard InChI is InChI=1S/C14H23NO2/c1-11(10-15-14(2,3)4)17-13-9-7-6-8-12(13)16-5/h6-9,11,15H,10H2,1-5H3. The molecule has 0 aliphatic carbocycles. The van der Waals surface area contributed by atoms with E-state index in [2.05, 4.69) is 26.1 Å². The monoisotopic (exact) mass is 237 g/mol. The molecule has 0 radical (unpaired) electrons. The van der Waals surface area contributed by atoms with E-state index in [1.807, 2.05) is 31.2 Å². The van der Waals surface area contributed by atoms with Crippen LogP contribution >= 0.6 is 0 Å². The van der Waals surface area contributed by atoms with E-state index in [9.17, 15) is 0 Å². The Morgan fingerprint density at radius 1 is 1.18 bits per heavy atom. The Kier molecular flexibility index (Phi) is 4.82. The molecule has 0 saturated heterocycles. The Bertz CT molecular complexity index is 344. The number of hydrogen-bond donors (Lipinski definition) is 1. The number of rotatable bonds is 5. The number of ether oxygens (including phenoxy) is 2. The Morgan fingerprint density at radius 3 is 2.29 bits per heavy atom. The van der Waals surface area contributed by atoms with E-state index >= 15 is 0 Å². The van der Waals surface area contributed by atoms with Crippen molar-refractivity contribution in [3.05, 3.63) is 24.3 Å². The lowest BCUT2D eigenvalue weighted by Crippen LogP contribution is -2.41. The lowest BCUT2D eigenvalue weighted by Gasteiger charge is -2.24. The highest BCUT2D eigenvalue weighted by Crippen LogP contribution is 2.26. The first-order valence-corrected chi connectivity index (χ1v) is 5.97. The summed E-state index contributed by atoms with van der Waals surface area (Å²) < 4.78 is 11.1. The maximum Gasteiger partial charge on any atom is 0.161 e. The average molecular weight is 237 g/mol. The summed E-state index contributed by atoms with van der Waals surface area (Å²) in [7, 11) is 1.65. The van der Waals surface area contributed by atoms with Gasteiger partial charge in [-0.2, -0.15) is 0 Å². The molecule has 0 amide bonds. The van der Waals surface area contributed by atoms with Crippen LogP contribution in [-0.2, 0) is 0 Å². The quantitative estimate of drug-likeness (QED) is 0.854. The third kappa shape index (κ3) is 5.09. The van der Waals surface area contributed by atoms with Gasteiger partial charge in [-0.15, -0.1) is 0 Å². The van der Waals surface area contributed by atoms with Gasteiger partial charge in [-0.3, -0.25) is 0 Å². The van der Waals surface area contributed by atoms with Gasteiger partial charge in [-0.25, -0.2) is 0 Å². The molecule has 1 aromatic carbocycles. The van der Waals surface area contributed by atoms with E-state index in [0.717, 1.165) is 18.0 Å². The van der Waals surface area contributed by atoms with E-state index < -0.39 is 0 Å². The molecule has 0 aliphatic heterocycles. The largest absolute Gasteiger partial charge is 0.493 e. The van der Waals surface area contributed by atoms with Crippen LogP contribution in [0.25, 0.3) is 0 Å². The number of methoxy groups -OCH3 is 1. The lowest BCUT2D eigenvalue weighted by atomic mass is 10.1. The Morgan fingerprint density at radius 2 is 1.76 bits per heavy atom. The number of benzene rings is 1. The summed E-state index contributed by atoms with van der Waals surface area (Å²) in [4.78, 5) is 0. The lowest BCUT2D eigenvalue weighted by molar-refractivity contribution is 0.195. The summed E-state index contributed by atoms with van der Waals surface area (Å²) in [5.41, 5.74) is 0.110. The highest BCUT2D eigenvalue weighted by molar-refractivity contribution is 5.39. The summed E-state index contributed by atoms with van der Waals surface area (Å²) in [6, 6.07) is 7.71. The second-order valence-electron chi connectivity index (χ2n) is 5.21. The first-order valence-electron chi connectivity index (χ1n) is 5.97. The van der Waals surface area contributed by atoms with Crippen molar-refractivity contribution >= 4 is 0 Å². The van der Waals surface area contributed by atoms with Gasteiger partial charge in [0.15, 0.2) is 11.5 Å². The van der Waals surface area contributed by atoms with Gasteiger partial charge < -0.3 is 14.8 Å². The van der Waals surface area contributed by atoms with Crippen LogP contribution in [0.1, 0.15) is 27.7 Å². The van der Waals surface area contributed by atoms with Crippen LogP contribution in [-0.4, -0.2) is 25.3 Å². The van der Waals surface area contributed by atoms with Crippen LogP contribution < -0.4 is 14.8 Å². The molecule has 0 bridgehead atoms. The maximum atomic E-state index is 5.84. The van der Waals surface area contributed by atoms with Gasteiger partial charge in [-0.1, -0.05) is 12.1 Å². The predicted octanol–water partition coefficient (Wildman–Crippen LogP) is 2.85. The fourth-order valence-electron chi connectivity index (χ4n) is 1.42. The Labute approximate surface area is 104 Å². The molecule has 1 rings (SSSR count). The fraction of sp³-hybridized carbons (Fsp3) is 0.571. The van der Waals surface area contributed by atoms with Gasteiger partial charge in [0.2, 0.25) is 0 Å². The van der Waals surface area contributed by atoms with Crippen molar-refractivity contribution in [2.45, 2.75) is 39.3 Å². The number of nitrogens with one attached hydrogen (secondary N) is 1. The van der Waals surface area contributed by atoms with Crippen molar-refractivity contribution in [2.75, 3.05) is 13.7 Å². The molecule has 1 unspecified atom stereocenters. The van der Waals surface area contributed by atoms with Crippen LogP contribution in [0.5, 0.6) is 11.5 Å². The first kappa shape index (κ1) is 13.8. The third-order valence-corrected chi connectivity index (χ3v) is 2.32. The van der Waals surface area contributed by atoms with Gasteiger partial charge >= 0.3 is 0 Å². The second kappa shape index (κ2) is 5.92. The molecule has 1 atom stereocenters. The molecule has 3 heteroatoms. The van der Waals surface area contributed by atoms with E-state index in [1.54, 1.807) is 7.11 Å². The molecule has 1 N–H and O–H groups in total. The minimum atomic E-state index is 0.102. The molecular formula is C14H23NO2. The normalized spacial score (nSPS) is 13.2. The van der Waals surface area contributed by atoms with Gasteiger partial charge in [0.25, 0.3) is 0 Å². The zero-order valence-electron chi connectivity index (χ0n) is 11.4. The van der Waals surface area contributed by atoms with E-state index in [1.165, 1.54) is 0 Å². The van der Waals surface area contributed by atoms with Crippen molar-refractivity contribution in [3.8, 4) is 11.5 Å². The molecule has 0 heterocycles. The summed E-state index contributed by atoms with van der Waals surface area (Å²) in [5.74, 6) is 1.56. The van der Waals surface area contributed by atoms with Gasteiger partial charge in [-0.05, 0) is 39.8 Å². The van der Waals surface area contributed by atoms with Gasteiger partial charge in [0, 0.05) is 12.1 Å². The number of para-hydroxylation sites is 2. The second-order valence-corrected chi connectivity index (χ2v) is 5.21. The fourth-order valence-corrected chi connectivity index (χ4v) is 1.42. The van der Waals surface area contributed by atoms with Crippen LogP contribution in [0.15, 0.2) is 24.3 Å². The van der Waals surface area contributed by atoms with Crippen molar-refractivity contribution in [2.24, 2.45) is 0 Å². The third-order valence-electron chi connectivity index (χ3n) is 2.32. The molecule has 3 nitrogen and oxygen atoms in total. The molecule has 0 spiro atoms. The zero-order chi connectivity index (χ0) is 12.9. The van der Waals surface area contributed by atoms with Crippen molar-refractivity contribution in [1.82, 2.24) is 5.32 Å². The van der Waals surface area contributed by atoms with Crippen molar-refractivity contribution in [3.63, 3.8) is 0 Å². The molecule has 0 saturated carbocycles. The van der Waals surface area contributed by atoms with E-state index in [0.29, 0.717) is 0 Å². The molecule has 17 heavy (non-hydrogen) atoms. The van der Waals surface area contributed by atoms with Gasteiger partial charge in [0.05, 0.1) is 7.11 Å². The Hall–Kier alpha value is -1.22. The Balaban J connectivity index is 2.53. The van der Waals surface area contributed by atoms with Crippen molar-refractivity contribution in [1.29, 1.82) is 0 Å². The summed E-state index contributed by atoms with van der Waals surface area (Å²) in [6.45, 7) is 9.28. The van der Waals surface area contributed by atoms with Crippen LogP contribution in [0, 0.1) is 0 Å². The highest BCUT2D eigenvalue weighted by atomic mass is 16.5. The summed E-state index contributed by atoms with van der Waals surface area (Å²) in [6.07, 6.45) is 0.102. The van der Waals surface area contributed by atoms with Crippen LogP contribution in [0.3, 0.4) is 0 Å². The SMILES string of the molecule is COc1ccccc1OC(C)CNC(C)(C)C. The molecule has 0 aromatic heterocycles. The molecular weight excluding hydrogens is 214 g/mol.